The van der Waals surface area contributed by atoms with Gasteiger partial charge in [0.15, 0.2) is 5.78 Å². The van der Waals surface area contributed by atoms with Crippen molar-refractivity contribution in [1.82, 2.24) is 0 Å². The quantitative estimate of drug-likeness (QED) is 0.795. The van der Waals surface area contributed by atoms with Gasteiger partial charge in [-0.2, -0.15) is 0 Å². The number of hydrogen-bond acceptors (Lipinski definition) is 4. The molecule has 2 aromatic rings. The largest absolute Gasteiger partial charge is 0.329 e. The molecule has 3 nitrogen and oxygen atoms in total. The van der Waals surface area contributed by atoms with Gasteiger partial charge in [-0.25, -0.2) is 4.99 Å². The minimum atomic E-state index is -0.468. The van der Waals surface area contributed by atoms with Crippen molar-refractivity contribution in [2.45, 2.75) is 13.3 Å². The Bertz CT molecular complexity index is 719. The van der Waals surface area contributed by atoms with E-state index in [-0.39, 0.29) is 5.78 Å². The molecule has 1 atom stereocenters. The number of Topliss-reactive ketones (excluding diaryl/α,β-unsaturated/α-hetero) is 1. The lowest BCUT2D eigenvalue weighted by molar-refractivity contribution is 0.0888. The van der Waals surface area contributed by atoms with Crippen molar-refractivity contribution in [3.8, 4) is 0 Å². The number of hydrogen-bond donors (Lipinski definition) is 0. The molecule has 0 N–H and O–H groups in total. The standard InChI is InChI=1S/C16H14N2OS/c1-16-8-9-18(11-5-3-2-4-6-11)15(16)17-14-12(13(16)19)7-10-20-14/h2-7,10H,8-9H2,1H3. The average Bonchev–Trinajstić information content (AvgIpc) is 3.06. The van der Waals surface area contributed by atoms with Crippen molar-refractivity contribution in [2.75, 3.05) is 11.4 Å². The zero-order valence-electron chi connectivity index (χ0n) is 11.2. The zero-order valence-corrected chi connectivity index (χ0v) is 12.0. The Hall–Kier alpha value is -1.94. The summed E-state index contributed by atoms with van der Waals surface area (Å²) in [6, 6.07) is 12.1. The third-order valence-corrected chi connectivity index (χ3v) is 5.06. The normalized spacial score (nSPS) is 24.4. The van der Waals surface area contributed by atoms with Gasteiger partial charge in [-0.05, 0) is 36.9 Å². The number of carbonyl (C=O) groups is 1. The molecule has 1 aromatic heterocycles. The van der Waals surface area contributed by atoms with Gasteiger partial charge in [-0.15, -0.1) is 11.3 Å². The van der Waals surface area contributed by atoms with Crippen LogP contribution in [0.15, 0.2) is 46.8 Å². The van der Waals surface area contributed by atoms with Gasteiger partial charge in [0.25, 0.3) is 0 Å². The number of benzene rings is 1. The topological polar surface area (TPSA) is 32.7 Å². The third-order valence-electron chi connectivity index (χ3n) is 4.25. The van der Waals surface area contributed by atoms with Gasteiger partial charge in [-0.1, -0.05) is 18.2 Å². The molecule has 4 rings (SSSR count). The first kappa shape index (κ1) is 11.9. The van der Waals surface area contributed by atoms with E-state index < -0.39 is 5.41 Å². The number of rotatable bonds is 1. The molecule has 0 amide bonds. The summed E-state index contributed by atoms with van der Waals surface area (Å²) >= 11 is 1.54. The second kappa shape index (κ2) is 4.03. The van der Waals surface area contributed by atoms with Crippen LogP contribution in [0.1, 0.15) is 23.7 Å². The Morgan fingerprint density at radius 2 is 2.05 bits per heavy atom. The first-order chi connectivity index (χ1) is 9.70. The Kier molecular flexibility index (Phi) is 2.39. The van der Waals surface area contributed by atoms with Crippen LogP contribution >= 0.6 is 11.3 Å². The predicted octanol–water partition coefficient (Wildman–Crippen LogP) is 3.89. The summed E-state index contributed by atoms with van der Waals surface area (Å²) in [7, 11) is 0. The molecular formula is C16H14N2OS. The number of nitrogens with zero attached hydrogens (tertiary/aromatic N) is 2. The summed E-state index contributed by atoms with van der Waals surface area (Å²) in [6.07, 6.45) is 0.828. The Morgan fingerprint density at radius 1 is 1.25 bits per heavy atom. The monoisotopic (exact) mass is 282 g/mol. The molecule has 20 heavy (non-hydrogen) atoms. The van der Waals surface area contributed by atoms with E-state index in [9.17, 15) is 4.79 Å². The van der Waals surface area contributed by atoms with Gasteiger partial charge in [0.1, 0.15) is 10.8 Å². The molecule has 3 heterocycles. The van der Waals surface area contributed by atoms with Gasteiger partial charge in [0.2, 0.25) is 0 Å². The second-order valence-electron chi connectivity index (χ2n) is 5.47. The lowest BCUT2D eigenvalue weighted by Gasteiger charge is -2.29. The molecule has 0 spiro atoms. The van der Waals surface area contributed by atoms with E-state index in [2.05, 4.69) is 17.0 Å². The van der Waals surface area contributed by atoms with Crippen molar-refractivity contribution in [2.24, 2.45) is 10.4 Å². The van der Waals surface area contributed by atoms with Crippen LogP contribution in [0.25, 0.3) is 0 Å². The van der Waals surface area contributed by atoms with E-state index >= 15 is 0 Å². The maximum absolute atomic E-state index is 12.8. The maximum atomic E-state index is 12.8. The van der Waals surface area contributed by atoms with Crippen LogP contribution in [-0.2, 0) is 0 Å². The van der Waals surface area contributed by atoms with E-state index in [4.69, 9.17) is 4.99 Å². The van der Waals surface area contributed by atoms with Crippen molar-refractivity contribution in [1.29, 1.82) is 0 Å². The van der Waals surface area contributed by atoms with Crippen LogP contribution in [0.4, 0.5) is 10.7 Å². The van der Waals surface area contributed by atoms with Crippen LogP contribution in [-0.4, -0.2) is 18.2 Å². The number of thiophene rings is 1. The highest BCUT2D eigenvalue weighted by atomic mass is 32.1. The minimum absolute atomic E-state index is 0.220. The SMILES string of the molecule is CC12CCN(c3ccccc3)C1=Nc1sccc1C2=O. The van der Waals surface area contributed by atoms with E-state index in [0.29, 0.717) is 0 Å². The number of ketones is 1. The van der Waals surface area contributed by atoms with E-state index in [1.54, 1.807) is 0 Å². The number of anilines is 1. The van der Waals surface area contributed by atoms with E-state index in [0.717, 1.165) is 35.1 Å². The number of fused-ring (bicyclic) bond motifs is 2. The van der Waals surface area contributed by atoms with Gasteiger partial charge in [0, 0.05) is 12.2 Å². The molecule has 0 bridgehead atoms. The maximum Gasteiger partial charge on any atom is 0.179 e. The molecule has 4 heteroatoms. The third kappa shape index (κ3) is 1.45. The van der Waals surface area contributed by atoms with Crippen molar-refractivity contribution in [3.63, 3.8) is 0 Å². The first-order valence-electron chi connectivity index (χ1n) is 6.74. The number of para-hydroxylation sites is 1. The Morgan fingerprint density at radius 3 is 2.85 bits per heavy atom. The van der Waals surface area contributed by atoms with Crippen LogP contribution in [0, 0.1) is 5.41 Å². The molecule has 0 saturated carbocycles. The highest BCUT2D eigenvalue weighted by Crippen LogP contribution is 2.46. The molecule has 0 aliphatic carbocycles. The molecule has 1 fully saturated rings. The van der Waals surface area contributed by atoms with Crippen LogP contribution in [0.3, 0.4) is 0 Å². The second-order valence-corrected chi connectivity index (χ2v) is 6.37. The van der Waals surface area contributed by atoms with Gasteiger partial charge >= 0.3 is 0 Å². The fourth-order valence-electron chi connectivity index (χ4n) is 3.06. The van der Waals surface area contributed by atoms with Crippen LogP contribution in [0.2, 0.25) is 0 Å². The molecule has 2 aliphatic rings. The molecule has 1 unspecified atom stereocenters. The summed E-state index contributed by atoms with van der Waals surface area (Å²) in [5, 5.41) is 2.80. The number of carbonyl (C=O) groups excluding carboxylic acids is 1. The molecule has 100 valence electrons. The zero-order chi connectivity index (χ0) is 13.7. The first-order valence-corrected chi connectivity index (χ1v) is 7.62. The van der Waals surface area contributed by atoms with E-state index in [1.165, 1.54) is 11.3 Å². The smallest absolute Gasteiger partial charge is 0.179 e. The summed E-state index contributed by atoms with van der Waals surface area (Å²) in [5.41, 5.74) is 1.43. The van der Waals surface area contributed by atoms with Gasteiger partial charge < -0.3 is 4.90 Å². The molecule has 2 aliphatic heterocycles. The lowest BCUT2D eigenvalue weighted by atomic mass is 9.79. The lowest BCUT2D eigenvalue weighted by Crippen LogP contribution is -2.40. The number of amidine groups is 1. The predicted molar refractivity (Wildman–Crippen MR) is 82.3 cm³/mol. The van der Waals surface area contributed by atoms with Crippen molar-refractivity contribution in [3.05, 3.63) is 47.3 Å². The highest BCUT2D eigenvalue weighted by molar-refractivity contribution is 7.14. The summed E-state index contributed by atoms with van der Waals surface area (Å²) < 4.78 is 0. The highest BCUT2D eigenvalue weighted by Gasteiger charge is 2.50. The van der Waals surface area contributed by atoms with E-state index in [1.807, 2.05) is 36.6 Å². The molecular weight excluding hydrogens is 268 g/mol. The van der Waals surface area contributed by atoms with Gasteiger partial charge in [-0.3, -0.25) is 4.79 Å². The van der Waals surface area contributed by atoms with Crippen LogP contribution < -0.4 is 4.90 Å². The average molecular weight is 282 g/mol. The van der Waals surface area contributed by atoms with Crippen LogP contribution in [0.5, 0.6) is 0 Å². The summed E-state index contributed by atoms with van der Waals surface area (Å²) in [5.74, 6) is 1.13. The van der Waals surface area contributed by atoms with Crippen molar-refractivity contribution < 1.29 is 4.79 Å². The summed E-state index contributed by atoms with van der Waals surface area (Å²) in [4.78, 5) is 19.7. The number of aliphatic imine (C=N–C) groups is 1. The fourth-order valence-corrected chi connectivity index (χ4v) is 3.82. The Balaban J connectivity index is 1.87. The molecule has 1 aromatic carbocycles. The van der Waals surface area contributed by atoms with Gasteiger partial charge in [0.05, 0.1) is 11.0 Å². The molecule has 1 saturated heterocycles. The van der Waals surface area contributed by atoms with Crippen molar-refractivity contribution >= 4 is 33.6 Å². The minimum Gasteiger partial charge on any atom is -0.329 e. The molecule has 0 radical (unpaired) electrons. The Labute approximate surface area is 121 Å². The summed E-state index contributed by atoms with van der Waals surface area (Å²) in [6.45, 7) is 2.87. The fraction of sp³-hybridized carbons (Fsp3) is 0.250.